The second-order valence-corrected chi connectivity index (χ2v) is 9.60. The highest BCUT2D eigenvalue weighted by Crippen LogP contribution is 2.32. The van der Waals surface area contributed by atoms with Crippen LogP contribution in [0.25, 0.3) is 0 Å². The predicted octanol–water partition coefficient (Wildman–Crippen LogP) is 4.64. The first-order valence-electron chi connectivity index (χ1n) is 11.6. The minimum absolute atomic E-state index is 0.0881. The normalized spacial score (nSPS) is 12.9. The third-order valence-corrected chi connectivity index (χ3v) is 6.37. The Bertz CT molecular complexity index is 1440. The van der Waals surface area contributed by atoms with Gasteiger partial charge in [0.15, 0.2) is 5.60 Å². The van der Waals surface area contributed by atoms with Crippen molar-refractivity contribution in [3.63, 3.8) is 0 Å². The molecule has 194 valence electrons. The Morgan fingerprint density at radius 3 is 2.57 bits per heavy atom. The summed E-state index contributed by atoms with van der Waals surface area (Å²) in [5.74, 6) is -2.20. The number of carbonyl (C=O) groups excluding carboxylic acids is 2. The highest BCUT2D eigenvalue weighted by Gasteiger charge is 2.38. The monoisotopic (exact) mass is 530 g/mol. The molecule has 0 bridgehead atoms. The summed E-state index contributed by atoms with van der Waals surface area (Å²) in [6.45, 7) is 4.84. The number of aromatic nitrogens is 1. The van der Waals surface area contributed by atoms with E-state index in [-0.39, 0.29) is 35.4 Å². The van der Waals surface area contributed by atoms with Crippen LogP contribution in [0.5, 0.6) is 5.75 Å². The van der Waals surface area contributed by atoms with Gasteiger partial charge in [0.2, 0.25) is 0 Å². The van der Waals surface area contributed by atoms with Crippen LogP contribution < -0.4 is 15.2 Å². The van der Waals surface area contributed by atoms with Crippen LogP contribution in [0.15, 0.2) is 53.5 Å². The van der Waals surface area contributed by atoms with E-state index < -0.39 is 28.8 Å². The van der Waals surface area contributed by atoms with Gasteiger partial charge in [0.1, 0.15) is 29.0 Å². The van der Waals surface area contributed by atoms with Gasteiger partial charge in [-0.25, -0.2) is 8.78 Å². The first-order valence-corrected chi connectivity index (χ1v) is 11.9. The van der Waals surface area contributed by atoms with Crippen molar-refractivity contribution in [2.24, 2.45) is 0 Å². The molecule has 0 saturated heterocycles. The first kappa shape index (κ1) is 26.3. The minimum atomic E-state index is -1.29. The van der Waals surface area contributed by atoms with Gasteiger partial charge in [0.05, 0.1) is 6.54 Å². The molecule has 0 saturated carbocycles. The van der Waals surface area contributed by atoms with Crippen LogP contribution in [-0.2, 0) is 33.9 Å². The molecule has 0 aliphatic carbocycles. The van der Waals surface area contributed by atoms with Crippen LogP contribution in [0, 0.1) is 11.6 Å². The molecule has 0 N–H and O–H groups in total. The summed E-state index contributed by atoms with van der Waals surface area (Å²) in [7, 11) is 0. The van der Waals surface area contributed by atoms with E-state index in [1.807, 2.05) is 12.1 Å². The summed E-state index contributed by atoms with van der Waals surface area (Å²) in [4.78, 5) is 38.8. The fraction of sp³-hybridized carbons (Fsp3) is 0.296. The lowest BCUT2D eigenvalue weighted by atomic mass is 10.1. The van der Waals surface area contributed by atoms with E-state index in [1.165, 1.54) is 29.8 Å². The third kappa shape index (κ3) is 5.67. The molecule has 0 spiro atoms. The van der Waals surface area contributed by atoms with Gasteiger partial charge in [0, 0.05) is 37.0 Å². The molecule has 0 radical (unpaired) electrons. The summed E-state index contributed by atoms with van der Waals surface area (Å²) in [6, 6.07) is 10.2. The van der Waals surface area contributed by atoms with E-state index >= 15 is 0 Å². The zero-order chi connectivity index (χ0) is 26.9. The number of pyridine rings is 1. The first-order chi connectivity index (χ1) is 17.5. The number of halogens is 3. The molecule has 1 aromatic heterocycles. The molecular weight excluding hydrogens is 506 g/mol. The highest BCUT2D eigenvalue weighted by atomic mass is 35.5. The molecule has 2 aromatic carbocycles. The number of amides is 1. The van der Waals surface area contributed by atoms with E-state index in [1.54, 1.807) is 24.8 Å². The summed E-state index contributed by atoms with van der Waals surface area (Å²) in [6.07, 6.45) is 2.14. The van der Waals surface area contributed by atoms with Crippen LogP contribution in [-0.4, -0.2) is 28.6 Å². The molecule has 37 heavy (non-hydrogen) atoms. The van der Waals surface area contributed by atoms with Crippen LogP contribution >= 0.6 is 11.6 Å². The summed E-state index contributed by atoms with van der Waals surface area (Å²) < 4.78 is 39.0. The lowest BCUT2D eigenvalue weighted by Crippen LogP contribution is -2.47. The van der Waals surface area contributed by atoms with E-state index in [4.69, 9.17) is 21.1 Å². The molecule has 1 amide bonds. The molecule has 7 nitrogen and oxygen atoms in total. The van der Waals surface area contributed by atoms with Gasteiger partial charge >= 0.3 is 5.97 Å². The van der Waals surface area contributed by atoms with Crippen LogP contribution in [0.3, 0.4) is 0 Å². The SMILES string of the molecule is CC(=O)OC(C)(C)C(=O)N1CCc2cc(Cn3ccc(OCc4ccc(F)cc4F)c(Cl)c3=O)ccc21. The molecule has 0 fully saturated rings. The summed E-state index contributed by atoms with van der Waals surface area (Å²) >= 11 is 6.23. The fourth-order valence-electron chi connectivity index (χ4n) is 4.25. The van der Waals surface area contributed by atoms with E-state index in [2.05, 4.69) is 0 Å². The van der Waals surface area contributed by atoms with Gasteiger partial charge in [-0.15, -0.1) is 0 Å². The van der Waals surface area contributed by atoms with Crippen LogP contribution in [0.1, 0.15) is 37.5 Å². The van der Waals surface area contributed by atoms with Crippen molar-refractivity contribution in [2.75, 3.05) is 11.4 Å². The fourth-order valence-corrected chi connectivity index (χ4v) is 4.48. The number of hydrogen-bond acceptors (Lipinski definition) is 5. The summed E-state index contributed by atoms with van der Waals surface area (Å²) in [5.41, 5.74) is 0.846. The molecule has 1 aliphatic rings. The van der Waals surface area contributed by atoms with Gasteiger partial charge in [-0.1, -0.05) is 23.7 Å². The number of carbonyl (C=O) groups is 2. The Morgan fingerprint density at radius 1 is 1.11 bits per heavy atom. The number of ether oxygens (including phenoxy) is 2. The van der Waals surface area contributed by atoms with E-state index in [9.17, 15) is 23.2 Å². The predicted molar refractivity (Wildman–Crippen MR) is 134 cm³/mol. The van der Waals surface area contributed by atoms with Crippen LogP contribution in [0.4, 0.5) is 14.5 Å². The third-order valence-electron chi connectivity index (χ3n) is 6.02. The van der Waals surface area contributed by atoms with Crippen molar-refractivity contribution >= 4 is 29.2 Å². The van der Waals surface area contributed by atoms with Gasteiger partial charge in [-0.2, -0.15) is 0 Å². The molecule has 4 rings (SSSR count). The van der Waals surface area contributed by atoms with Crippen molar-refractivity contribution in [3.05, 3.63) is 92.4 Å². The zero-order valence-corrected chi connectivity index (χ0v) is 21.3. The number of hydrogen-bond donors (Lipinski definition) is 0. The zero-order valence-electron chi connectivity index (χ0n) is 20.5. The maximum absolute atomic E-state index is 13.9. The quantitative estimate of drug-likeness (QED) is 0.416. The molecule has 10 heteroatoms. The smallest absolute Gasteiger partial charge is 0.303 e. The second-order valence-electron chi connectivity index (χ2n) is 9.23. The van der Waals surface area contributed by atoms with E-state index in [0.717, 1.165) is 28.9 Å². The average Bonchev–Trinajstić information content (AvgIpc) is 3.24. The lowest BCUT2D eigenvalue weighted by molar-refractivity contribution is -0.161. The van der Waals surface area contributed by atoms with Gasteiger partial charge < -0.3 is 18.9 Å². The molecule has 2 heterocycles. The number of esters is 1. The number of rotatable bonds is 7. The molecule has 0 atom stereocenters. The standard InChI is InChI=1S/C27H25ClF2N2O5/c1-16(33)37-27(2,3)26(35)32-11-8-18-12-17(4-7-22(18)32)14-31-10-9-23(24(28)25(31)34)36-15-19-5-6-20(29)13-21(19)30/h4-7,9-10,12-13H,8,11,14-15H2,1-3H3. The van der Waals surface area contributed by atoms with E-state index in [0.29, 0.717) is 13.0 Å². The van der Waals surface area contributed by atoms with Crippen LogP contribution in [0.2, 0.25) is 5.02 Å². The Morgan fingerprint density at radius 2 is 1.86 bits per heavy atom. The molecular formula is C27H25ClF2N2O5. The molecule has 3 aromatic rings. The topological polar surface area (TPSA) is 77.8 Å². The molecule has 1 aliphatic heterocycles. The van der Waals surface area contributed by atoms with Crippen molar-refractivity contribution in [3.8, 4) is 5.75 Å². The average molecular weight is 531 g/mol. The maximum Gasteiger partial charge on any atom is 0.303 e. The maximum atomic E-state index is 13.9. The second kappa shape index (κ2) is 10.3. The Balaban J connectivity index is 1.48. The summed E-state index contributed by atoms with van der Waals surface area (Å²) in [5, 5.41) is -0.157. The van der Waals surface area contributed by atoms with Crippen molar-refractivity contribution in [2.45, 2.75) is 45.9 Å². The minimum Gasteiger partial charge on any atom is -0.487 e. The molecule has 0 unspecified atom stereocenters. The Kier molecular flexibility index (Phi) is 7.36. The number of nitrogens with zero attached hydrogens (tertiary/aromatic N) is 2. The van der Waals surface area contributed by atoms with Crippen molar-refractivity contribution in [1.29, 1.82) is 0 Å². The largest absolute Gasteiger partial charge is 0.487 e. The Hall–Kier alpha value is -3.72. The highest BCUT2D eigenvalue weighted by molar-refractivity contribution is 6.31. The van der Waals surface area contributed by atoms with Gasteiger partial charge in [0.25, 0.3) is 11.5 Å². The number of anilines is 1. The van der Waals surface area contributed by atoms with Crippen molar-refractivity contribution in [1.82, 2.24) is 4.57 Å². The number of benzene rings is 2. The van der Waals surface area contributed by atoms with Crippen molar-refractivity contribution < 1.29 is 27.8 Å². The van der Waals surface area contributed by atoms with Gasteiger partial charge in [-0.3, -0.25) is 14.4 Å². The lowest BCUT2D eigenvalue weighted by Gasteiger charge is -2.29. The number of fused-ring (bicyclic) bond motifs is 1. The van der Waals surface area contributed by atoms with Gasteiger partial charge in [-0.05, 0) is 55.7 Å². The Labute approximate surface area is 217 Å².